The molecule has 150 valence electrons. The lowest BCUT2D eigenvalue weighted by Gasteiger charge is -2.06. The topological polar surface area (TPSA) is 71.1 Å². The molecule has 8 heteroatoms. The smallest absolute Gasteiger partial charge is 0.234 e. The fourth-order valence-corrected chi connectivity index (χ4v) is 4.26. The maximum absolute atomic E-state index is 12.2. The SMILES string of the molecule is Cc1ccc(NC(=O)CSc2nc(CC(=O)Nc3ccc(C)c(Cl)c3)cs2)cc1. The van der Waals surface area contributed by atoms with Crippen LogP contribution < -0.4 is 10.6 Å². The minimum Gasteiger partial charge on any atom is -0.326 e. The summed E-state index contributed by atoms with van der Waals surface area (Å²) in [7, 11) is 0. The Morgan fingerprint density at radius 1 is 1.03 bits per heavy atom. The molecular formula is C21H20ClN3O2S2. The van der Waals surface area contributed by atoms with Crippen LogP contribution in [0.2, 0.25) is 5.02 Å². The van der Waals surface area contributed by atoms with E-state index in [2.05, 4.69) is 15.6 Å². The predicted octanol–water partition coefficient (Wildman–Crippen LogP) is 5.33. The number of halogens is 1. The number of anilines is 2. The second kappa shape index (κ2) is 9.91. The lowest BCUT2D eigenvalue weighted by Crippen LogP contribution is -2.15. The zero-order chi connectivity index (χ0) is 20.8. The minimum absolute atomic E-state index is 0.0930. The molecule has 0 unspecified atom stereocenters. The standard InChI is InChI=1S/C21H20ClN3O2S2/c1-13-3-6-15(7-4-13)23-20(27)12-29-21-25-17(11-28-21)10-19(26)24-16-8-5-14(2)18(22)9-16/h3-9,11H,10,12H2,1-2H3,(H,23,27)(H,24,26). The van der Waals surface area contributed by atoms with Crippen LogP contribution in [0.5, 0.6) is 0 Å². The van der Waals surface area contributed by atoms with Gasteiger partial charge in [0, 0.05) is 21.8 Å². The average Bonchev–Trinajstić information content (AvgIpc) is 3.12. The molecular weight excluding hydrogens is 426 g/mol. The second-order valence-corrected chi connectivity index (χ2v) is 8.98. The van der Waals surface area contributed by atoms with Gasteiger partial charge in [0.05, 0.1) is 17.9 Å². The van der Waals surface area contributed by atoms with Gasteiger partial charge in [-0.15, -0.1) is 11.3 Å². The number of aryl methyl sites for hydroxylation is 2. The van der Waals surface area contributed by atoms with Gasteiger partial charge in [0.2, 0.25) is 11.8 Å². The van der Waals surface area contributed by atoms with Crippen molar-refractivity contribution in [2.45, 2.75) is 24.6 Å². The number of benzene rings is 2. The second-order valence-electron chi connectivity index (χ2n) is 6.50. The first-order chi connectivity index (χ1) is 13.9. The lowest BCUT2D eigenvalue weighted by atomic mass is 10.2. The van der Waals surface area contributed by atoms with E-state index in [1.807, 2.05) is 55.6 Å². The number of hydrogen-bond donors (Lipinski definition) is 2. The fourth-order valence-electron chi connectivity index (χ4n) is 2.44. The molecule has 0 fully saturated rings. The molecule has 0 bridgehead atoms. The first-order valence-corrected chi connectivity index (χ1v) is 11.1. The van der Waals surface area contributed by atoms with Crippen molar-refractivity contribution in [3.8, 4) is 0 Å². The van der Waals surface area contributed by atoms with Crippen molar-refractivity contribution in [1.29, 1.82) is 0 Å². The summed E-state index contributed by atoms with van der Waals surface area (Å²) in [5, 5.41) is 8.12. The van der Waals surface area contributed by atoms with E-state index in [0.29, 0.717) is 16.4 Å². The molecule has 0 aliphatic carbocycles. The zero-order valence-electron chi connectivity index (χ0n) is 16.0. The van der Waals surface area contributed by atoms with Crippen LogP contribution in [-0.2, 0) is 16.0 Å². The number of carbonyl (C=O) groups excluding carboxylic acids is 2. The summed E-state index contributed by atoms with van der Waals surface area (Å²) in [5.41, 5.74) is 4.20. The third-order valence-electron chi connectivity index (χ3n) is 3.99. The third kappa shape index (κ3) is 6.59. The molecule has 0 saturated heterocycles. The first kappa shape index (κ1) is 21.4. The number of aromatic nitrogens is 1. The lowest BCUT2D eigenvalue weighted by molar-refractivity contribution is -0.116. The number of rotatable bonds is 7. The molecule has 0 radical (unpaired) electrons. The summed E-state index contributed by atoms with van der Waals surface area (Å²) in [5.74, 6) is 0.00278. The fraction of sp³-hybridized carbons (Fsp3) is 0.190. The first-order valence-electron chi connectivity index (χ1n) is 8.89. The molecule has 2 amide bonds. The summed E-state index contributed by atoms with van der Waals surface area (Å²) in [6.07, 6.45) is 0.165. The number of thiazole rings is 1. The molecule has 29 heavy (non-hydrogen) atoms. The highest BCUT2D eigenvalue weighted by Crippen LogP contribution is 2.24. The number of nitrogens with one attached hydrogen (secondary N) is 2. The van der Waals surface area contributed by atoms with Crippen LogP contribution in [0, 0.1) is 13.8 Å². The van der Waals surface area contributed by atoms with Gasteiger partial charge in [0.25, 0.3) is 0 Å². The van der Waals surface area contributed by atoms with E-state index in [4.69, 9.17) is 11.6 Å². The van der Waals surface area contributed by atoms with E-state index >= 15 is 0 Å². The van der Waals surface area contributed by atoms with E-state index in [-0.39, 0.29) is 24.0 Å². The van der Waals surface area contributed by atoms with Crippen LogP contribution in [0.25, 0.3) is 0 Å². The monoisotopic (exact) mass is 445 g/mol. The maximum Gasteiger partial charge on any atom is 0.234 e. The van der Waals surface area contributed by atoms with Crippen molar-refractivity contribution in [3.63, 3.8) is 0 Å². The predicted molar refractivity (Wildman–Crippen MR) is 121 cm³/mol. The van der Waals surface area contributed by atoms with Gasteiger partial charge < -0.3 is 10.6 Å². The van der Waals surface area contributed by atoms with Gasteiger partial charge in [0.1, 0.15) is 0 Å². The van der Waals surface area contributed by atoms with Crippen LogP contribution >= 0.6 is 34.7 Å². The summed E-state index contributed by atoms with van der Waals surface area (Å²) in [4.78, 5) is 28.7. The van der Waals surface area contributed by atoms with Crippen LogP contribution in [0.4, 0.5) is 11.4 Å². The largest absolute Gasteiger partial charge is 0.326 e. The molecule has 3 aromatic rings. The Balaban J connectivity index is 1.47. The Morgan fingerprint density at radius 3 is 2.45 bits per heavy atom. The average molecular weight is 446 g/mol. The summed E-state index contributed by atoms with van der Waals surface area (Å²) < 4.78 is 0.755. The number of carbonyl (C=O) groups is 2. The zero-order valence-corrected chi connectivity index (χ0v) is 18.4. The van der Waals surface area contributed by atoms with E-state index < -0.39 is 0 Å². The van der Waals surface area contributed by atoms with E-state index in [1.54, 1.807) is 6.07 Å². The Hall–Kier alpha value is -2.35. The number of nitrogens with zero attached hydrogens (tertiary/aromatic N) is 1. The summed E-state index contributed by atoms with van der Waals surface area (Å²) >= 11 is 8.86. The molecule has 0 spiro atoms. The summed E-state index contributed by atoms with van der Waals surface area (Å²) in [6.45, 7) is 3.90. The van der Waals surface area contributed by atoms with E-state index in [9.17, 15) is 9.59 Å². The van der Waals surface area contributed by atoms with Crippen LogP contribution in [0.3, 0.4) is 0 Å². The van der Waals surface area contributed by atoms with E-state index in [0.717, 1.165) is 21.2 Å². The minimum atomic E-state index is -0.163. The normalized spacial score (nSPS) is 10.6. The molecule has 0 aliphatic heterocycles. The molecule has 3 rings (SSSR count). The Kier molecular flexibility index (Phi) is 7.30. The molecule has 5 nitrogen and oxygen atoms in total. The van der Waals surface area contributed by atoms with Crippen LogP contribution in [-0.4, -0.2) is 22.6 Å². The Morgan fingerprint density at radius 2 is 1.72 bits per heavy atom. The van der Waals surface area contributed by atoms with E-state index in [1.165, 1.54) is 23.1 Å². The maximum atomic E-state index is 12.2. The summed E-state index contributed by atoms with van der Waals surface area (Å²) in [6, 6.07) is 13.0. The number of hydrogen-bond acceptors (Lipinski definition) is 5. The van der Waals surface area contributed by atoms with Gasteiger partial charge in [-0.1, -0.05) is 47.1 Å². The van der Waals surface area contributed by atoms with Gasteiger partial charge in [-0.3, -0.25) is 9.59 Å². The Labute approximate surface area is 182 Å². The third-order valence-corrected chi connectivity index (χ3v) is 6.47. The molecule has 1 aromatic heterocycles. The quantitative estimate of drug-likeness (QED) is 0.482. The molecule has 2 aromatic carbocycles. The number of thioether (sulfide) groups is 1. The highest BCUT2D eigenvalue weighted by atomic mass is 35.5. The molecule has 0 atom stereocenters. The van der Waals surface area contributed by atoms with Crippen molar-refractivity contribution in [1.82, 2.24) is 4.98 Å². The van der Waals surface area contributed by atoms with Crippen LogP contribution in [0.15, 0.2) is 52.2 Å². The van der Waals surface area contributed by atoms with Crippen LogP contribution in [0.1, 0.15) is 16.8 Å². The highest BCUT2D eigenvalue weighted by Gasteiger charge is 2.11. The molecule has 1 heterocycles. The van der Waals surface area contributed by atoms with Gasteiger partial charge >= 0.3 is 0 Å². The Bertz CT molecular complexity index is 1020. The van der Waals surface area contributed by atoms with Crippen molar-refractivity contribution >= 4 is 57.9 Å². The van der Waals surface area contributed by atoms with Crippen molar-refractivity contribution in [3.05, 3.63) is 69.7 Å². The van der Waals surface area contributed by atoms with Gasteiger partial charge in [-0.25, -0.2) is 4.98 Å². The van der Waals surface area contributed by atoms with Crippen molar-refractivity contribution in [2.24, 2.45) is 0 Å². The van der Waals surface area contributed by atoms with Gasteiger partial charge in [-0.05, 0) is 43.7 Å². The molecule has 0 saturated carbocycles. The number of amides is 2. The van der Waals surface area contributed by atoms with Gasteiger partial charge in [-0.2, -0.15) is 0 Å². The van der Waals surface area contributed by atoms with Crippen molar-refractivity contribution < 1.29 is 9.59 Å². The van der Waals surface area contributed by atoms with Crippen molar-refractivity contribution in [2.75, 3.05) is 16.4 Å². The van der Waals surface area contributed by atoms with Gasteiger partial charge in [0.15, 0.2) is 4.34 Å². The highest BCUT2D eigenvalue weighted by molar-refractivity contribution is 8.01. The molecule has 0 aliphatic rings. The molecule has 2 N–H and O–H groups in total.